The van der Waals surface area contributed by atoms with E-state index in [0.717, 1.165) is 30.0 Å². The van der Waals surface area contributed by atoms with E-state index in [4.69, 9.17) is 9.47 Å². The molecule has 1 fully saturated rings. The summed E-state index contributed by atoms with van der Waals surface area (Å²) in [6.07, 6.45) is 3.52. The summed E-state index contributed by atoms with van der Waals surface area (Å²) in [6.45, 7) is 6.59. The van der Waals surface area contributed by atoms with Crippen molar-refractivity contribution < 1.29 is 14.3 Å². The topological polar surface area (TPSA) is 65.4 Å². The van der Waals surface area contributed by atoms with Crippen LogP contribution in [-0.2, 0) is 10.2 Å². The van der Waals surface area contributed by atoms with Gasteiger partial charge in [0.15, 0.2) is 0 Å². The van der Waals surface area contributed by atoms with Crippen molar-refractivity contribution in [1.82, 2.24) is 15.1 Å². The molecule has 2 aromatic carbocycles. The zero-order chi connectivity index (χ0) is 21.7. The number of aryl methyl sites for hydroxylation is 1. The van der Waals surface area contributed by atoms with Crippen LogP contribution < -0.4 is 10.1 Å². The highest BCUT2D eigenvalue weighted by molar-refractivity contribution is 5.94. The van der Waals surface area contributed by atoms with Crippen molar-refractivity contribution in [2.75, 3.05) is 26.4 Å². The molecule has 3 aromatic rings. The Bertz CT molecular complexity index is 1000. The number of hydrogen-bond donors (Lipinski definition) is 1. The molecule has 6 heteroatoms. The Morgan fingerprint density at radius 2 is 1.81 bits per heavy atom. The number of rotatable bonds is 7. The lowest BCUT2D eigenvalue weighted by Crippen LogP contribution is -2.44. The van der Waals surface area contributed by atoms with Gasteiger partial charge in [-0.05, 0) is 74.7 Å². The van der Waals surface area contributed by atoms with Crippen LogP contribution in [0.1, 0.15) is 41.4 Å². The van der Waals surface area contributed by atoms with E-state index in [-0.39, 0.29) is 11.3 Å². The molecular weight excluding hydrogens is 390 g/mol. The molecule has 0 atom stereocenters. The molecule has 2 heterocycles. The van der Waals surface area contributed by atoms with Crippen LogP contribution in [0, 0.1) is 6.92 Å². The van der Waals surface area contributed by atoms with Gasteiger partial charge in [-0.15, -0.1) is 0 Å². The first-order chi connectivity index (χ1) is 15.1. The summed E-state index contributed by atoms with van der Waals surface area (Å²) in [6, 6.07) is 17.7. The van der Waals surface area contributed by atoms with Gasteiger partial charge in [0.2, 0.25) is 0 Å². The number of carbonyl (C=O) groups is 1. The molecule has 1 saturated heterocycles. The van der Waals surface area contributed by atoms with Gasteiger partial charge in [0.05, 0.1) is 12.3 Å². The normalized spacial score (nSPS) is 15.4. The molecule has 0 radical (unpaired) electrons. The summed E-state index contributed by atoms with van der Waals surface area (Å²) < 4.78 is 13.0. The highest BCUT2D eigenvalue weighted by Crippen LogP contribution is 2.35. The number of benzene rings is 2. The second kappa shape index (κ2) is 9.35. The van der Waals surface area contributed by atoms with Crippen molar-refractivity contribution in [1.29, 1.82) is 0 Å². The Labute approximate surface area is 183 Å². The minimum Gasteiger partial charge on any atom is -0.494 e. The molecule has 162 valence electrons. The minimum absolute atomic E-state index is 0.0689. The molecule has 0 saturated carbocycles. The monoisotopic (exact) mass is 419 g/mol. The van der Waals surface area contributed by atoms with E-state index < -0.39 is 0 Å². The van der Waals surface area contributed by atoms with Crippen LogP contribution in [0.5, 0.6) is 5.75 Å². The fraction of sp³-hybridized carbons (Fsp3) is 0.360. The van der Waals surface area contributed by atoms with Crippen molar-refractivity contribution in [2.24, 2.45) is 0 Å². The van der Waals surface area contributed by atoms with E-state index in [1.165, 1.54) is 5.56 Å². The van der Waals surface area contributed by atoms with Crippen molar-refractivity contribution in [3.63, 3.8) is 0 Å². The molecule has 0 spiro atoms. The van der Waals surface area contributed by atoms with Gasteiger partial charge >= 0.3 is 0 Å². The molecule has 4 rings (SSSR count). The van der Waals surface area contributed by atoms with Gasteiger partial charge in [-0.1, -0.05) is 12.1 Å². The van der Waals surface area contributed by atoms with Crippen LogP contribution in [0.3, 0.4) is 0 Å². The molecule has 0 aliphatic carbocycles. The van der Waals surface area contributed by atoms with E-state index in [1.807, 2.05) is 61.0 Å². The van der Waals surface area contributed by atoms with Crippen molar-refractivity contribution >= 4 is 5.91 Å². The third kappa shape index (κ3) is 4.64. The molecule has 1 aliphatic rings. The SMILES string of the molecule is CCOc1ccc(C2(CNC(=O)c3ccc(-n4nccc4C)cc3)CCOCC2)cc1. The van der Waals surface area contributed by atoms with Gasteiger partial charge in [0.1, 0.15) is 5.75 Å². The molecule has 0 unspecified atom stereocenters. The quantitative estimate of drug-likeness (QED) is 0.627. The van der Waals surface area contributed by atoms with Crippen LogP contribution in [0.15, 0.2) is 60.8 Å². The zero-order valence-electron chi connectivity index (χ0n) is 18.1. The summed E-state index contributed by atoms with van der Waals surface area (Å²) in [5, 5.41) is 7.48. The lowest BCUT2D eigenvalue weighted by molar-refractivity contribution is 0.0487. The number of carbonyl (C=O) groups excluding carboxylic acids is 1. The Morgan fingerprint density at radius 1 is 1.10 bits per heavy atom. The predicted octanol–water partition coefficient (Wildman–Crippen LogP) is 4.06. The standard InChI is InChI=1S/C25H29N3O3/c1-3-31-23-10-6-21(7-11-23)25(13-16-30-17-14-25)18-26-24(29)20-4-8-22(9-5-20)28-19(2)12-15-27-28/h4-12,15H,3,13-14,16-18H2,1-2H3,(H,26,29). The van der Waals surface area contributed by atoms with Gasteiger partial charge in [-0.3, -0.25) is 4.79 Å². The van der Waals surface area contributed by atoms with Crippen LogP contribution in [0.4, 0.5) is 0 Å². The maximum absolute atomic E-state index is 12.9. The molecule has 1 aliphatic heterocycles. The highest BCUT2D eigenvalue weighted by Gasteiger charge is 2.35. The summed E-state index contributed by atoms with van der Waals surface area (Å²) in [5.41, 5.74) is 3.71. The molecule has 0 bridgehead atoms. The van der Waals surface area contributed by atoms with E-state index >= 15 is 0 Å². The fourth-order valence-electron chi connectivity index (χ4n) is 4.15. The largest absolute Gasteiger partial charge is 0.494 e. The van der Waals surface area contributed by atoms with Gasteiger partial charge < -0.3 is 14.8 Å². The van der Waals surface area contributed by atoms with Crippen molar-refractivity contribution in [2.45, 2.75) is 32.1 Å². The van der Waals surface area contributed by atoms with E-state index in [9.17, 15) is 4.79 Å². The lowest BCUT2D eigenvalue weighted by atomic mass is 9.74. The number of nitrogens with zero attached hydrogens (tertiary/aromatic N) is 2. The van der Waals surface area contributed by atoms with Crippen LogP contribution in [0.25, 0.3) is 5.69 Å². The average molecular weight is 420 g/mol. The maximum Gasteiger partial charge on any atom is 0.251 e. The number of nitrogens with one attached hydrogen (secondary N) is 1. The third-order valence-corrected chi connectivity index (χ3v) is 6.02. The zero-order valence-corrected chi connectivity index (χ0v) is 18.1. The average Bonchev–Trinajstić information content (AvgIpc) is 3.25. The minimum atomic E-state index is -0.134. The van der Waals surface area contributed by atoms with E-state index in [1.54, 1.807) is 6.20 Å². The third-order valence-electron chi connectivity index (χ3n) is 6.02. The lowest BCUT2D eigenvalue weighted by Gasteiger charge is -2.38. The molecule has 1 amide bonds. The highest BCUT2D eigenvalue weighted by atomic mass is 16.5. The Hall–Kier alpha value is -3.12. The first-order valence-electron chi connectivity index (χ1n) is 10.8. The number of amides is 1. The molecule has 1 N–H and O–H groups in total. The maximum atomic E-state index is 12.9. The molecular formula is C25H29N3O3. The summed E-state index contributed by atoms with van der Waals surface area (Å²) >= 11 is 0. The van der Waals surface area contributed by atoms with Gasteiger partial charge in [-0.25, -0.2) is 4.68 Å². The summed E-state index contributed by atoms with van der Waals surface area (Å²) in [4.78, 5) is 12.9. The number of aromatic nitrogens is 2. The van der Waals surface area contributed by atoms with Crippen LogP contribution >= 0.6 is 0 Å². The van der Waals surface area contributed by atoms with Crippen molar-refractivity contribution in [3.05, 3.63) is 77.6 Å². The first-order valence-corrected chi connectivity index (χ1v) is 10.8. The molecule has 1 aromatic heterocycles. The Kier molecular flexibility index (Phi) is 6.37. The van der Waals surface area contributed by atoms with Crippen molar-refractivity contribution in [3.8, 4) is 11.4 Å². The first kappa shape index (κ1) is 21.1. The number of hydrogen-bond acceptors (Lipinski definition) is 4. The molecule has 6 nitrogen and oxygen atoms in total. The Morgan fingerprint density at radius 3 is 2.42 bits per heavy atom. The van der Waals surface area contributed by atoms with Gasteiger partial charge in [0.25, 0.3) is 5.91 Å². The van der Waals surface area contributed by atoms with E-state index in [0.29, 0.717) is 31.9 Å². The van der Waals surface area contributed by atoms with Gasteiger partial charge in [0, 0.05) is 42.6 Å². The Balaban J connectivity index is 1.47. The second-order valence-corrected chi connectivity index (χ2v) is 7.96. The predicted molar refractivity (Wildman–Crippen MR) is 120 cm³/mol. The number of ether oxygens (including phenoxy) is 2. The second-order valence-electron chi connectivity index (χ2n) is 7.96. The van der Waals surface area contributed by atoms with Crippen LogP contribution in [0.2, 0.25) is 0 Å². The van der Waals surface area contributed by atoms with Gasteiger partial charge in [-0.2, -0.15) is 5.10 Å². The smallest absolute Gasteiger partial charge is 0.251 e. The fourth-order valence-corrected chi connectivity index (χ4v) is 4.15. The van der Waals surface area contributed by atoms with E-state index in [2.05, 4.69) is 22.5 Å². The summed E-state index contributed by atoms with van der Waals surface area (Å²) in [5.74, 6) is 0.797. The van der Waals surface area contributed by atoms with Crippen LogP contribution in [-0.4, -0.2) is 42.1 Å². The summed E-state index contributed by atoms with van der Waals surface area (Å²) in [7, 11) is 0. The molecule has 31 heavy (non-hydrogen) atoms.